The number of benzene rings is 1. The van der Waals surface area contributed by atoms with Gasteiger partial charge in [0.05, 0.1) is 5.25 Å². The monoisotopic (exact) mass is 1310 g/mol. The first-order valence-electron chi connectivity index (χ1n) is 27.6. The summed E-state index contributed by atoms with van der Waals surface area (Å²) >= 11 is 0.919. The summed E-state index contributed by atoms with van der Waals surface area (Å²) in [4.78, 5) is 166. The Labute approximate surface area is 519 Å². The van der Waals surface area contributed by atoms with E-state index < -0.39 is 226 Å². The summed E-state index contributed by atoms with van der Waals surface area (Å²) in [5.41, 5.74) is 0. The molecule has 1 aromatic carbocycles. The molecule has 3 aliphatic rings. The molecule has 0 aliphatic carbocycles. The van der Waals surface area contributed by atoms with Crippen molar-refractivity contribution in [3.63, 3.8) is 0 Å². The molecule has 502 valence electrons. The molecule has 3 fully saturated rings. The highest BCUT2D eigenvalue weighted by molar-refractivity contribution is 8.00. The Morgan fingerprint density at radius 3 is 1.21 bits per heavy atom. The third kappa shape index (κ3) is 24.0. The molecule has 0 spiro atoms. The van der Waals surface area contributed by atoms with Crippen molar-refractivity contribution in [2.45, 2.75) is 211 Å². The molecular weight excluding hydrogens is 1230 g/mol. The fraction of sp³-hybridized carbons (Fsp3) is 0.661. The van der Waals surface area contributed by atoms with Crippen molar-refractivity contribution in [3.8, 4) is 0 Å². The Hall–Kier alpha value is -7.60. The molecule has 3 aliphatic heterocycles. The van der Waals surface area contributed by atoms with E-state index in [0.717, 1.165) is 102 Å². The highest BCUT2D eigenvalue weighted by atomic mass is 32.2. The molecule has 3 saturated heterocycles. The standard InChI is InChI=1S/C56H74O33S/c1-24(57)71-19-38(70)43(44(77-30(7)63)39(76-29(6)62)20-72-25(2)58)87-54-51(82-35(12)68)49(80-33(10)66)46(41(85-54)22-74-27(4)60)88-56-52(83-36(13)69)53(90-37-17-15-14-16-18-37)47(42(86-56)23-75-28(5)61)89-55-50(81-34(11)67)48(79-32(9)65)45(78-31(8)64)40(84-55)21-73-26(3)59/h14-18,38-56,70H,19-23H2,1-13H3/t38-,39+,40-,41-,42-,43-,44-,45-,46-,47-,48+,49+,50-,51-,52+,53-,54-,55-,56-/m1/s1. The minimum absolute atomic E-state index is 0.407. The van der Waals surface area contributed by atoms with E-state index in [-0.39, 0.29) is 0 Å². The number of hydrogen-bond acceptors (Lipinski definition) is 34. The van der Waals surface area contributed by atoms with Crippen LogP contribution in [0.4, 0.5) is 0 Å². The summed E-state index contributed by atoms with van der Waals surface area (Å²) < 4.78 is 111. The summed E-state index contributed by atoms with van der Waals surface area (Å²) in [5, 5.41) is 10.4. The van der Waals surface area contributed by atoms with Crippen LogP contribution in [-0.4, -0.2) is 231 Å². The van der Waals surface area contributed by atoms with E-state index in [2.05, 4.69) is 0 Å². The normalized spacial score (nSPS) is 27.6. The summed E-state index contributed by atoms with van der Waals surface area (Å²) in [6, 6.07) is 8.15. The summed E-state index contributed by atoms with van der Waals surface area (Å²) in [6.45, 7) is 8.39. The van der Waals surface area contributed by atoms with Crippen LogP contribution < -0.4 is 0 Å². The Bertz CT molecular complexity index is 2690. The lowest BCUT2D eigenvalue weighted by atomic mass is 9.96. The highest BCUT2D eigenvalue weighted by Gasteiger charge is 2.60. The van der Waals surface area contributed by atoms with Crippen molar-refractivity contribution in [2.75, 3.05) is 33.0 Å². The quantitative estimate of drug-likeness (QED) is 0.0821. The number of carbonyl (C=O) groups is 13. The van der Waals surface area contributed by atoms with E-state index in [1.807, 2.05) is 0 Å². The van der Waals surface area contributed by atoms with Gasteiger partial charge in [-0.3, -0.25) is 62.3 Å². The molecule has 19 atom stereocenters. The molecule has 4 rings (SSSR count). The zero-order chi connectivity index (χ0) is 67.3. The van der Waals surface area contributed by atoms with Gasteiger partial charge in [0.25, 0.3) is 0 Å². The third-order valence-electron chi connectivity index (χ3n) is 12.4. The Morgan fingerprint density at radius 2 is 0.756 bits per heavy atom. The second-order valence-corrected chi connectivity index (χ2v) is 21.3. The molecule has 1 N–H and O–H groups in total. The van der Waals surface area contributed by atoms with Gasteiger partial charge in [-0.05, 0) is 12.1 Å². The fourth-order valence-corrected chi connectivity index (χ4v) is 10.6. The minimum Gasteiger partial charge on any atom is -0.463 e. The predicted octanol–water partition coefficient (Wildman–Crippen LogP) is 0.108. The zero-order valence-electron chi connectivity index (χ0n) is 51.3. The number of ether oxygens (including phenoxy) is 19. The molecule has 0 radical (unpaired) electrons. The number of esters is 13. The van der Waals surface area contributed by atoms with Gasteiger partial charge in [-0.2, -0.15) is 0 Å². The zero-order valence-corrected chi connectivity index (χ0v) is 52.1. The lowest BCUT2D eigenvalue weighted by Crippen LogP contribution is -2.68. The minimum atomic E-state index is -2.23. The Morgan fingerprint density at radius 1 is 0.389 bits per heavy atom. The molecule has 0 unspecified atom stereocenters. The fourth-order valence-electron chi connectivity index (χ4n) is 9.32. The number of hydrogen-bond donors (Lipinski definition) is 1. The van der Waals surface area contributed by atoms with Crippen LogP contribution in [0.3, 0.4) is 0 Å². The maximum Gasteiger partial charge on any atom is 0.303 e. The van der Waals surface area contributed by atoms with E-state index in [1.165, 1.54) is 0 Å². The van der Waals surface area contributed by atoms with Crippen molar-refractivity contribution < 1.29 is 157 Å². The molecule has 34 heteroatoms. The van der Waals surface area contributed by atoms with Gasteiger partial charge >= 0.3 is 77.6 Å². The van der Waals surface area contributed by atoms with Gasteiger partial charge in [0.1, 0.15) is 75.8 Å². The third-order valence-corrected chi connectivity index (χ3v) is 13.8. The average Bonchev–Trinajstić information content (AvgIpc) is 0.777. The van der Waals surface area contributed by atoms with Gasteiger partial charge in [0.2, 0.25) is 0 Å². The van der Waals surface area contributed by atoms with Gasteiger partial charge in [0.15, 0.2) is 67.7 Å². The molecule has 0 amide bonds. The maximum absolute atomic E-state index is 13.5. The van der Waals surface area contributed by atoms with Crippen LogP contribution in [-0.2, 0) is 152 Å². The van der Waals surface area contributed by atoms with Crippen molar-refractivity contribution in [3.05, 3.63) is 30.3 Å². The number of thioether (sulfide) groups is 1. The van der Waals surface area contributed by atoms with E-state index in [1.54, 1.807) is 30.3 Å². The number of carbonyl (C=O) groups excluding carboxylic acids is 13. The van der Waals surface area contributed by atoms with Gasteiger partial charge in [-0.15, -0.1) is 11.8 Å². The van der Waals surface area contributed by atoms with Gasteiger partial charge < -0.3 is 95.1 Å². The van der Waals surface area contributed by atoms with Crippen molar-refractivity contribution in [2.24, 2.45) is 0 Å². The van der Waals surface area contributed by atoms with Crippen LogP contribution >= 0.6 is 11.8 Å². The molecule has 33 nitrogen and oxygen atoms in total. The average molecular weight is 1310 g/mol. The van der Waals surface area contributed by atoms with Crippen molar-refractivity contribution in [1.82, 2.24) is 0 Å². The van der Waals surface area contributed by atoms with E-state index in [9.17, 15) is 67.4 Å². The summed E-state index contributed by atoms with van der Waals surface area (Å²) in [6.07, 6.45) is -34.5. The van der Waals surface area contributed by atoms with Crippen LogP contribution in [0.5, 0.6) is 0 Å². The Kier molecular flexibility index (Phi) is 29.7. The first-order chi connectivity index (χ1) is 42.2. The SMILES string of the molecule is CC(=O)OC[C@@H](O)[C@@H](O[C@H]1O[C@H](COC(C)=O)[C@@H](O[C@H]2O[C@H](COC(C)=O)[C@@H](O[C@H]3O[C@H](COC(C)=O)[C@@H](OC(C)=O)[C@H](OC(C)=O)[C@H]3OC(C)=O)[C@@H](Sc3ccccc3)[C@@H]2OC(C)=O)[C@H](OC(C)=O)[C@H]1OC(C)=O)[C@H](OC(C)=O)[C@H](COC(C)=O)OC(C)=O. The van der Waals surface area contributed by atoms with Crippen molar-refractivity contribution in [1.29, 1.82) is 0 Å². The van der Waals surface area contributed by atoms with Gasteiger partial charge in [0, 0.05) is 94.9 Å². The molecule has 1 aromatic rings. The largest absolute Gasteiger partial charge is 0.463 e. The van der Waals surface area contributed by atoms with E-state index in [4.69, 9.17) is 90.0 Å². The van der Waals surface area contributed by atoms with Crippen molar-refractivity contribution >= 4 is 89.4 Å². The number of aliphatic hydroxyl groups excluding tert-OH is 1. The molecule has 0 bridgehead atoms. The number of rotatable bonds is 29. The summed E-state index contributed by atoms with van der Waals surface area (Å²) in [5.74, 6) is -13.0. The first-order valence-corrected chi connectivity index (χ1v) is 28.5. The second-order valence-electron chi connectivity index (χ2n) is 20.1. The highest BCUT2D eigenvalue weighted by Crippen LogP contribution is 2.43. The van der Waals surface area contributed by atoms with E-state index in [0.29, 0.717) is 4.90 Å². The lowest BCUT2D eigenvalue weighted by molar-refractivity contribution is -0.370. The van der Waals surface area contributed by atoms with Crippen LogP contribution in [0, 0.1) is 0 Å². The molecule has 0 saturated carbocycles. The predicted molar refractivity (Wildman–Crippen MR) is 290 cm³/mol. The molecule has 3 heterocycles. The summed E-state index contributed by atoms with van der Waals surface area (Å²) in [7, 11) is 0. The van der Waals surface area contributed by atoms with Crippen LogP contribution in [0.25, 0.3) is 0 Å². The second kappa shape index (κ2) is 35.7. The van der Waals surface area contributed by atoms with Crippen LogP contribution in [0.15, 0.2) is 35.2 Å². The Balaban J connectivity index is 2.04. The van der Waals surface area contributed by atoms with Gasteiger partial charge in [-0.1, -0.05) is 18.2 Å². The molecular formula is C56H74O33S. The smallest absolute Gasteiger partial charge is 0.303 e. The lowest BCUT2D eigenvalue weighted by Gasteiger charge is -2.51. The molecule has 0 aromatic heterocycles. The first kappa shape index (κ1) is 74.9. The van der Waals surface area contributed by atoms with Gasteiger partial charge in [-0.25, -0.2) is 0 Å². The van der Waals surface area contributed by atoms with Crippen LogP contribution in [0.2, 0.25) is 0 Å². The number of aliphatic hydroxyl groups is 1. The van der Waals surface area contributed by atoms with E-state index >= 15 is 0 Å². The van der Waals surface area contributed by atoms with Crippen LogP contribution in [0.1, 0.15) is 90.0 Å². The topological polar surface area (TPSA) is 418 Å². The maximum atomic E-state index is 13.5. The molecule has 90 heavy (non-hydrogen) atoms.